The summed E-state index contributed by atoms with van der Waals surface area (Å²) < 4.78 is 10.5. The molecule has 2 aromatic rings. The van der Waals surface area contributed by atoms with Crippen molar-refractivity contribution in [3.8, 4) is 17.6 Å². The number of carbonyl (C=O) groups excluding carboxylic acids is 1. The zero-order valence-electron chi connectivity index (χ0n) is 10.9. The van der Waals surface area contributed by atoms with Crippen LogP contribution >= 0.6 is 0 Å². The fourth-order valence-corrected chi connectivity index (χ4v) is 1.67. The Morgan fingerprint density at radius 3 is 2.20 bits per heavy atom. The first-order valence-electron chi connectivity index (χ1n) is 6.09. The summed E-state index contributed by atoms with van der Waals surface area (Å²) in [5.41, 5.74) is 0.614. The van der Waals surface area contributed by atoms with E-state index in [1.165, 1.54) is 6.92 Å². The second kappa shape index (κ2) is 6.39. The maximum atomic E-state index is 10.9. The Morgan fingerprint density at radius 1 is 1.05 bits per heavy atom. The van der Waals surface area contributed by atoms with Gasteiger partial charge in [-0.2, -0.15) is 5.26 Å². The number of esters is 1. The minimum Gasteiger partial charge on any atom is -0.457 e. The maximum Gasteiger partial charge on any atom is 0.304 e. The number of ether oxygens (including phenoxy) is 2. The molecule has 100 valence electrons. The number of rotatable bonds is 4. The number of para-hydroxylation sites is 1. The standard InChI is InChI=1S/C16H13NO3/c1-12(18)19-16(11-17)13-7-9-15(10-8-13)20-14-5-3-2-4-6-14/h2-10,16H,1H3. The van der Waals surface area contributed by atoms with Gasteiger partial charge in [-0.3, -0.25) is 4.79 Å². The highest BCUT2D eigenvalue weighted by atomic mass is 16.5. The largest absolute Gasteiger partial charge is 0.457 e. The molecule has 0 spiro atoms. The van der Waals surface area contributed by atoms with E-state index in [-0.39, 0.29) is 0 Å². The normalized spacial score (nSPS) is 11.2. The fourth-order valence-electron chi connectivity index (χ4n) is 1.67. The van der Waals surface area contributed by atoms with Crippen LogP contribution in [-0.2, 0) is 9.53 Å². The van der Waals surface area contributed by atoms with Crippen LogP contribution in [0.5, 0.6) is 11.5 Å². The molecule has 0 heterocycles. The van der Waals surface area contributed by atoms with Gasteiger partial charge in [0.25, 0.3) is 0 Å². The van der Waals surface area contributed by atoms with E-state index in [2.05, 4.69) is 0 Å². The molecule has 4 nitrogen and oxygen atoms in total. The fraction of sp³-hybridized carbons (Fsp3) is 0.125. The van der Waals surface area contributed by atoms with Crippen LogP contribution in [0.3, 0.4) is 0 Å². The third-order valence-corrected chi connectivity index (χ3v) is 2.56. The summed E-state index contributed by atoms with van der Waals surface area (Å²) in [4.78, 5) is 10.9. The van der Waals surface area contributed by atoms with Crippen molar-refractivity contribution in [3.63, 3.8) is 0 Å². The Morgan fingerprint density at radius 2 is 1.65 bits per heavy atom. The van der Waals surface area contributed by atoms with Crippen LogP contribution in [0.4, 0.5) is 0 Å². The Balaban J connectivity index is 2.10. The van der Waals surface area contributed by atoms with Gasteiger partial charge in [0.2, 0.25) is 6.10 Å². The van der Waals surface area contributed by atoms with Crippen molar-refractivity contribution in [2.75, 3.05) is 0 Å². The molecule has 0 amide bonds. The van der Waals surface area contributed by atoms with Gasteiger partial charge in [0.15, 0.2) is 0 Å². The minimum absolute atomic E-state index is 0.485. The monoisotopic (exact) mass is 267 g/mol. The number of benzene rings is 2. The molecule has 0 aliphatic rings. The van der Waals surface area contributed by atoms with Crippen LogP contribution in [-0.4, -0.2) is 5.97 Å². The van der Waals surface area contributed by atoms with E-state index in [9.17, 15) is 4.79 Å². The third kappa shape index (κ3) is 3.59. The molecule has 0 fully saturated rings. The average molecular weight is 267 g/mol. The second-order valence-electron chi connectivity index (χ2n) is 4.10. The molecule has 4 heteroatoms. The quantitative estimate of drug-likeness (QED) is 0.794. The van der Waals surface area contributed by atoms with E-state index < -0.39 is 12.1 Å². The lowest BCUT2D eigenvalue weighted by atomic mass is 10.1. The molecule has 0 N–H and O–H groups in total. The highest BCUT2D eigenvalue weighted by Crippen LogP contribution is 2.24. The molecule has 0 aliphatic heterocycles. The predicted molar refractivity (Wildman–Crippen MR) is 73.1 cm³/mol. The van der Waals surface area contributed by atoms with E-state index in [1.54, 1.807) is 24.3 Å². The zero-order chi connectivity index (χ0) is 14.4. The van der Waals surface area contributed by atoms with Crippen LogP contribution in [0.1, 0.15) is 18.6 Å². The molecule has 1 unspecified atom stereocenters. The summed E-state index contributed by atoms with van der Waals surface area (Å²) in [5, 5.41) is 8.97. The first-order chi connectivity index (χ1) is 9.69. The first kappa shape index (κ1) is 13.6. The summed E-state index contributed by atoms with van der Waals surface area (Å²) in [6, 6.07) is 18.2. The van der Waals surface area contributed by atoms with Gasteiger partial charge in [-0.05, 0) is 24.3 Å². The van der Waals surface area contributed by atoms with E-state index in [0.29, 0.717) is 11.3 Å². The van der Waals surface area contributed by atoms with Gasteiger partial charge >= 0.3 is 5.97 Å². The topological polar surface area (TPSA) is 59.3 Å². The Kier molecular flexibility index (Phi) is 4.35. The summed E-state index contributed by atoms with van der Waals surface area (Å²) in [7, 11) is 0. The molecule has 0 bridgehead atoms. The summed E-state index contributed by atoms with van der Waals surface area (Å²) in [5.74, 6) is 0.901. The molecule has 0 saturated carbocycles. The van der Waals surface area contributed by atoms with Crippen molar-refractivity contribution in [3.05, 3.63) is 60.2 Å². The number of nitrogens with zero attached hydrogens (tertiary/aromatic N) is 1. The number of hydrogen-bond donors (Lipinski definition) is 0. The highest BCUT2D eigenvalue weighted by molar-refractivity contribution is 5.66. The molecule has 0 saturated heterocycles. The Labute approximate surface area is 117 Å². The van der Waals surface area contributed by atoms with Crippen LogP contribution in [0.15, 0.2) is 54.6 Å². The first-order valence-corrected chi connectivity index (χ1v) is 6.09. The van der Waals surface area contributed by atoms with Crippen LogP contribution in [0.2, 0.25) is 0 Å². The lowest BCUT2D eigenvalue weighted by Crippen LogP contribution is -2.06. The lowest BCUT2D eigenvalue weighted by molar-refractivity contribution is -0.144. The van der Waals surface area contributed by atoms with Gasteiger partial charge in [-0.1, -0.05) is 30.3 Å². The van der Waals surface area contributed by atoms with E-state index in [0.717, 1.165) is 5.75 Å². The molecular weight excluding hydrogens is 254 g/mol. The third-order valence-electron chi connectivity index (χ3n) is 2.56. The number of carbonyl (C=O) groups is 1. The highest BCUT2D eigenvalue weighted by Gasteiger charge is 2.13. The smallest absolute Gasteiger partial charge is 0.304 e. The Bertz CT molecular complexity index is 614. The molecule has 0 radical (unpaired) electrons. The van der Waals surface area contributed by atoms with E-state index >= 15 is 0 Å². The van der Waals surface area contributed by atoms with Crippen molar-refractivity contribution in [1.29, 1.82) is 5.26 Å². The molecule has 1 atom stereocenters. The summed E-state index contributed by atoms with van der Waals surface area (Å²) >= 11 is 0. The van der Waals surface area contributed by atoms with Gasteiger partial charge in [-0.15, -0.1) is 0 Å². The number of hydrogen-bond acceptors (Lipinski definition) is 4. The van der Waals surface area contributed by atoms with Crippen molar-refractivity contribution in [1.82, 2.24) is 0 Å². The number of nitriles is 1. The van der Waals surface area contributed by atoms with Crippen LogP contribution in [0, 0.1) is 11.3 Å². The van der Waals surface area contributed by atoms with Gasteiger partial charge in [0.05, 0.1) is 0 Å². The molecule has 20 heavy (non-hydrogen) atoms. The second-order valence-corrected chi connectivity index (χ2v) is 4.10. The zero-order valence-corrected chi connectivity index (χ0v) is 10.9. The molecular formula is C16H13NO3. The summed E-state index contributed by atoms with van der Waals surface area (Å²) in [6.45, 7) is 1.28. The van der Waals surface area contributed by atoms with Crippen molar-refractivity contribution in [2.45, 2.75) is 13.0 Å². The molecule has 2 rings (SSSR count). The Hall–Kier alpha value is -2.80. The van der Waals surface area contributed by atoms with E-state index in [4.69, 9.17) is 14.7 Å². The van der Waals surface area contributed by atoms with Gasteiger partial charge < -0.3 is 9.47 Å². The van der Waals surface area contributed by atoms with Crippen LogP contribution in [0.25, 0.3) is 0 Å². The van der Waals surface area contributed by atoms with Gasteiger partial charge in [0, 0.05) is 12.5 Å². The van der Waals surface area contributed by atoms with Gasteiger partial charge in [0.1, 0.15) is 17.6 Å². The molecule has 0 aromatic heterocycles. The van der Waals surface area contributed by atoms with Crippen LogP contribution < -0.4 is 4.74 Å². The molecule has 2 aromatic carbocycles. The summed E-state index contributed by atoms with van der Waals surface area (Å²) in [6.07, 6.45) is -0.890. The van der Waals surface area contributed by atoms with Crippen molar-refractivity contribution in [2.24, 2.45) is 0 Å². The minimum atomic E-state index is -0.890. The molecule has 0 aliphatic carbocycles. The van der Waals surface area contributed by atoms with E-state index in [1.807, 2.05) is 36.4 Å². The lowest BCUT2D eigenvalue weighted by Gasteiger charge is -2.10. The maximum absolute atomic E-state index is 10.9. The SMILES string of the molecule is CC(=O)OC(C#N)c1ccc(Oc2ccccc2)cc1. The van der Waals surface area contributed by atoms with Crippen molar-refractivity contribution < 1.29 is 14.3 Å². The average Bonchev–Trinajstić information content (AvgIpc) is 2.46. The van der Waals surface area contributed by atoms with Gasteiger partial charge in [-0.25, -0.2) is 0 Å². The van der Waals surface area contributed by atoms with Crippen molar-refractivity contribution >= 4 is 5.97 Å². The predicted octanol–water partition coefficient (Wildman–Crippen LogP) is 3.61.